The number of carboxylic acid groups (broad SMARTS) is 1. The van der Waals surface area contributed by atoms with Crippen LogP contribution in [-0.4, -0.2) is 29.3 Å². The molecule has 4 N–H and O–H groups in total. The molecule has 0 aromatic carbocycles. The van der Waals surface area contributed by atoms with E-state index in [1.807, 2.05) is 0 Å². The zero-order chi connectivity index (χ0) is 12.7. The van der Waals surface area contributed by atoms with Crippen molar-refractivity contribution in [2.45, 2.75) is 32.2 Å². The Hall–Kier alpha value is -1.33. The molecule has 0 aliphatic heterocycles. The van der Waals surface area contributed by atoms with Crippen LogP contribution in [0.3, 0.4) is 0 Å². The SMILES string of the molecule is CCCCOCC[C@@H](N)c1[nH]ccc1C(=O)O. The monoisotopic (exact) mass is 240 g/mol. The van der Waals surface area contributed by atoms with Crippen molar-refractivity contribution in [3.05, 3.63) is 23.5 Å². The van der Waals surface area contributed by atoms with Crippen molar-refractivity contribution in [1.29, 1.82) is 0 Å². The molecule has 17 heavy (non-hydrogen) atoms. The summed E-state index contributed by atoms with van der Waals surface area (Å²) >= 11 is 0. The number of rotatable bonds is 8. The van der Waals surface area contributed by atoms with Crippen LogP contribution < -0.4 is 5.73 Å². The van der Waals surface area contributed by atoms with Gasteiger partial charge in [-0.2, -0.15) is 0 Å². The first-order valence-corrected chi connectivity index (χ1v) is 5.90. The summed E-state index contributed by atoms with van der Waals surface area (Å²) < 4.78 is 5.40. The average Bonchev–Trinajstić information content (AvgIpc) is 2.77. The summed E-state index contributed by atoms with van der Waals surface area (Å²) in [5.74, 6) is -0.955. The molecule has 0 amide bonds. The summed E-state index contributed by atoms with van der Waals surface area (Å²) in [6.45, 7) is 3.39. The Morgan fingerprint density at radius 3 is 3.00 bits per heavy atom. The quantitative estimate of drug-likeness (QED) is 0.606. The standard InChI is InChI=1S/C12H20N2O3/c1-2-3-7-17-8-5-10(13)11-9(12(15)16)4-6-14-11/h4,6,10,14H,2-3,5,7-8,13H2,1H3,(H,15,16)/t10-/m1/s1. The van der Waals surface area contributed by atoms with Gasteiger partial charge < -0.3 is 20.6 Å². The lowest BCUT2D eigenvalue weighted by molar-refractivity contribution is 0.0694. The summed E-state index contributed by atoms with van der Waals surface area (Å²) in [5.41, 5.74) is 6.73. The lowest BCUT2D eigenvalue weighted by Gasteiger charge is -2.11. The Bertz CT molecular complexity index is 349. The van der Waals surface area contributed by atoms with E-state index in [0.717, 1.165) is 19.4 Å². The van der Waals surface area contributed by atoms with E-state index in [4.69, 9.17) is 15.6 Å². The zero-order valence-electron chi connectivity index (χ0n) is 10.1. The molecule has 0 unspecified atom stereocenters. The van der Waals surface area contributed by atoms with E-state index in [1.165, 1.54) is 6.07 Å². The van der Waals surface area contributed by atoms with Crippen molar-refractivity contribution in [2.24, 2.45) is 5.73 Å². The topological polar surface area (TPSA) is 88.3 Å². The third kappa shape index (κ3) is 4.20. The van der Waals surface area contributed by atoms with Crippen LogP contribution in [0.5, 0.6) is 0 Å². The number of hydrogen-bond donors (Lipinski definition) is 3. The number of aromatic amines is 1. The molecule has 96 valence electrons. The molecule has 5 heteroatoms. The van der Waals surface area contributed by atoms with Gasteiger partial charge in [0.05, 0.1) is 5.56 Å². The molecule has 1 atom stereocenters. The Labute approximate surface area is 101 Å². The maximum absolute atomic E-state index is 10.9. The highest BCUT2D eigenvalue weighted by molar-refractivity contribution is 5.89. The van der Waals surface area contributed by atoms with Crippen molar-refractivity contribution in [2.75, 3.05) is 13.2 Å². The number of unbranched alkanes of at least 4 members (excludes halogenated alkanes) is 1. The van der Waals surface area contributed by atoms with Gasteiger partial charge >= 0.3 is 5.97 Å². The Morgan fingerprint density at radius 1 is 1.59 bits per heavy atom. The van der Waals surface area contributed by atoms with Crippen LogP contribution in [0.2, 0.25) is 0 Å². The van der Waals surface area contributed by atoms with Crippen LogP contribution in [0.15, 0.2) is 12.3 Å². The van der Waals surface area contributed by atoms with E-state index in [1.54, 1.807) is 6.20 Å². The molecular weight excluding hydrogens is 220 g/mol. The number of aromatic carboxylic acids is 1. The first kappa shape index (κ1) is 13.7. The third-order valence-corrected chi connectivity index (χ3v) is 2.60. The first-order valence-electron chi connectivity index (χ1n) is 5.90. The summed E-state index contributed by atoms with van der Waals surface area (Å²) in [7, 11) is 0. The number of carbonyl (C=O) groups is 1. The van der Waals surface area contributed by atoms with Gasteiger partial charge in [0.15, 0.2) is 0 Å². The van der Waals surface area contributed by atoms with Crippen LogP contribution in [0.4, 0.5) is 0 Å². The molecule has 0 radical (unpaired) electrons. The molecule has 1 heterocycles. The zero-order valence-corrected chi connectivity index (χ0v) is 10.1. The van der Waals surface area contributed by atoms with Gasteiger partial charge in [-0.1, -0.05) is 13.3 Å². The van der Waals surface area contributed by atoms with E-state index >= 15 is 0 Å². The predicted molar refractivity (Wildman–Crippen MR) is 65.0 cm³/mol. The molecule has 0 saturated heterocycles. The average molecular weight is 240 g/mol. The number of hydrogen-bond acceptors (Lipinski definition) is 3. The van der Waals surface area contributed by atoms with Crippen LogP contribution in [0.25, 0.3) is 0 Å². The minimum absolute atomic E-state index is 0.242. The molecule has 1 aromatic rings. The van der Waals surface area contributed by atoms with Crippen LogP contribution in [-0.2, 0) is 4.74 Å². The highest BCUT2D eigenvalue weighted by Gasteiger charge is 2.16. The van der Waals surface area contributed by atoms with Gasteiger partial charge in [-0.25, -0.2) is 4.79 Å². The van der Waals surface area contributed by atoms with Gasteiger partial charge in [0.2, 0.25) is 0 Å². The predicted octanol–water partition coefficient (Wildman–Crippen LogP) is 1.92. The summed E-state index contributed by atoms with van der Waals surface area (Å²) in [4.78, 5) is 13.8. The number of ether oxygens (including phenoxy) is 1. The minimum atomic E-state index is -0.955. The Kier molecular flexibility index (Phi) is 5.72. The molecule has 0 saturated carbocycles. The van der Waals surface area contributed by atoms with Gasteiger partial charge in [0.1, 0.15) is 0 Å². The fourth-order valence-corrected chi connectivity index (χ4v) is 1.58. The first-order chi connectivity index (χ1) is 8.16. The number of carboxylic acids is 1. The molecule has 0 bridgehead atoms. The van der Waals surface area contributed by atoms with Crippen molar-refractivity contribution in [3.63, 3.8) is 0 Å². The van der Waals surface area contributed by atoms with Crippen molar-refractivity contribution >= 4 is 5.97 Å². The van der Waals surface area contributed by atoms with Crippen LogP contribution >= 0.6 is 0 Å². The van der Waals surface area contributed by atoms with E-state index < -0.39 is 5.97 Å². The second-order valence-electron chi connectivity index (χ2n) is 3.97. The van der Waals surface area contributed by atoms with Gasteiger partial charge in [-0.15, -0.1) is 0 Å². The smallest absolute Gasteiger partial charge is 0.337 e. The molecule has 0 aliphatic rings. The molecule has 0 aliphatic carbocycles. The number of nitrogens with two attached hydrogens (primary N) is 1. The second-order valence-corrected chi connectivity index (χ2v) is 3.97. The second kappa shape index (κ2) is 7.09. The number of nitrogens with one attached hydrogen (secondary N) is 1. The number of H-pyrrole nitrogens is 1. The van der Waals surface area contributed by atoms with Gasteiger partial charge in [0, 0.05) is 31.1 Å². The number of aromatic nitrogens is 1. The fourth-order valence-electron chi connectivity index (χ4n) is 1.58. The van der Waals surface area contributed by atoms with Crippen molar-refractivity contribution < 1.29 is 14.6 Å². The molecular formula is C12H20N2O3. The van der Waals surface area contributed by atoms with E-state index in [9.17, 15) is 4.79 Å². The minimum Gasteiger partial charge on any atom is -0.478 e. The van der Waals surface area contributed by atoms with Crippen LogP contribution in [0, 0.1) is 0 Å². The van der Waals surface area contributed by atoms with Gasteiger partial charge in [0.25, 0.3) is 0 Å². The van der Waals surface area contributed by atoms with E-state index in [2.05, 4.69) is 11.9 Å². The van der Waals surface area contributed by atoms with Crippen molar-refractivity contribution in [3.8, 4) is 0 Å². The Balaban J connectivity index is 2.38. The highest BCUT2D eigenvalue weighted by atomic mass is 16.5. The lowest BCUT2D eigenvalue weighted by atomic mass is 10.1. The third-order valence-electron chi connectivity index (χ3n) is 2.60. The van der Waals surface area contributed by atoms with Crippen molar-refractivity contribution in [1.82, 2.24) is 4.98 Å². The highest BCUT2D eigenvalue weighted by Crippen LogP contribution is 2.17. The van der Waals surface area contributed by atoms with Gasteiger partial charge in [-0.3, -0.25) is 0 Å². The molecule has 0 spiro atoms. The summed E-state index contributed by atoms with van der Waals surface area (Å²) in [6, 6.07) is 1.20. The van der Waals surface area contributed by atoms with Gasteiger partial charge in [-0.05, 0) is 18.9 Å². The summed E-state index contributed by atoms with van der Waals surface area (Å²) in [5, 5.41) is 8.94. The molecule has 0 fully saturated rings. The molecule has 1 aromatic heterocycles. The fraction of sp³-hybridized carbons (Fsp3) is 0.583. The van der Waals surface area contributed by atoms with E-state index in [-0.39, 0.29) is 11.6 Å². The maximum Gasteiger partial charge on any atom is 0.337 e. The molecule has 1 rings (SSSR count). The Morgan fingerprint density at radius 2 is 2.35 bits per heavy atom. The van der Waals surface area contributed by atoms with E-state index in [0.29, 0.717) is 18.7 Å². The van der Waals surface area contributed by atoms with Crippen LogP contribution in [0.1, 0.15) is 48.3 Å². The summed E-state index contributed by atoms with van der Waals surface area (Å²) in [6.07, 6.45) is 4.35. The lowest BCUT2D eigenvalue weighted by Crippen LogP contribution is -2.16. The normalized spacial score (nSPS) is 12.6. The maximum atomic E-state index is 10.9. The largest absolute Gasteiger partial charge is 0.478 e. The molecule has 5 nitrogen and oxygen atoms in total.